The van der Waals surface area contributed by atoms with Crippen LogP contribution in [0.4, 0.5) is 0 Å². The van der Waals surface area contributed by atoms with Crippen LogP contribution in [0.2, 0.25) is 0 Å². The molecule has 0 atom stereocenters. The minimum Gasteiger partial charge on any atom is -1.00 e. The molecule has 0 bridgehead atoms. The Morgan fingerprint density at radius 2 is 2.00 bits per heavy atom. The fourth-order valence-electron chi connectivity index (χ4n) is 0.719. The molecule has 0 aliphatic heterocycles. The monoisotopic (exact) mass is 208 g/mol. The largest absolute Gasteiger partial charge is 1.00 e. The van der Waals surface area contributed by atoms with Crippen LogP contribution in [0.15, 0.2) is 30.3 Å². The quantitative estimate of drug-likeness (QED) is 0.400. The van der Waals surface area contributed by atoms with Gasteiger partial charge >= 0.3 is 29.6 Å². The summed E-state index contributed by atoms with van der Waals surface area (Å²) in [5.41, 5.74) is 1.10. The Morgan fingerprint density at radius 3 is 2.50 bits per heavy atom. The Bertz CT molecular complexity index is 243. The number of ether oxygens (including phenoxy) is 1. The summed E-state index contributed by atoms with van der Waals surface area (Å²) in [7, 11) is 0. The van der Waals surface area contributed by atoms with Crippen LogP contribution < -0.4 is 29.6 Å². The number of rotatable bonds is 2. The number of hydrogen-bond donors (Lipinski definition) is 1. The maximum absolute atomic E-state index is 5.02. The Kier molecular flexibility index (Phi) is 7.19. The summed E-state index contributed by atoms with van der Waals surface area (Å²) in [6, 6.07) is 9.83. The maximum Gasteiger partial charge on any atom is 1.00 e. The second-order valence-electron chi connectivity index (χ2n) is 2.04. The zero-order valence-electron chi connectivity index (χ0n) is 7.86. The van der Waals surface area contributed by atoms with Crippen LogP contribution in [0, 0.1) is 0 Å². The molecule has 1 nitrogen and oxygen atoms in total. The first-order valence-electron chi connectivity index (χ1n) is 3.18. The molecular weight excluding hydrogens is 199 g/mol. The van der Waals surface area contributed by atoms with Crippen molar-refractivity contribution in [2.24, 2.45) is 0 Å². The van der Waals surface area contributed by atoms with Gasteiger partial charge in [-0.15, -0.1) is 0 Å². The van der Waals surface area contributed by atoms with Crippen molar-refractivity contribution in [3.8, 4) is 0 Å². The van der Waals surface area contributed by atoms with Gasteiger partial charge in [-0.3, -0.25) is 0 Å². The predicted octanol–water partition coefficient (Wildman–Crippen LogP) is -0.466. The molecule has 0 aliphatic rings. The van der Waals surface area contributed by atoms with Gasteiger partial charge in [0.2, 0.25) is 4.38 Å². The van der Waals surface area contributed by atoms with Crippen LogP contribution in [0.3, 0.4) is 0 Å². The van der Waals surface area contributed by atoms with Crippen LogP contribution in [0.1, 0.15) is 6.99 Å². The van der Waals surface area contributed by atoms with Gasteiger partial charge in [0.1, 0.15) is 6.61 Å². The molecular formula is C8H9NaOS2. The van der Waals surface area contributed by atoms with Gasteiger partial charge in [-0.1, -0.05) is 43.0 Å². The third-order valence-corrected chi connectivity index (χ3v) is 1.45. The molecule has 0 heterocycles. The van der Waals surface area contributed by atoms with E-state index in [0.717, 1.165) is 5.56 Å². The van der Waals surface area contributed by atoms with E-state index in [1.807, 2.05) is 30.3 Å². The molecule has 0 amide bonds. The van der Waals surface area contributed by atoms with E-state index in [9.17, 15) is 0 Å². The first-order valence-corrected chi connectivity index (χ1v) is 4.04. The average molecular weight is 208 g/mol. The molecule has 12 heavy (non-hydrogen) atoms. The second kappa shape index (κ2) is 6.92. The summed E-state index contributed by atoms with van der Waals surface area (Å²) in [4.78, 5) is 0. The van der Waals surface area contributed by atoms with Gasteiger partial charge in [-0.25, -0.2) is 0 Å². The van der Waals surface area contributed by atoms with Gasteiger partial charge in [-0.2, -0.15) is 0 Å². The molecule has 0 aliphatic carbocycles. The van der Waals surface area contributed by atoms with Crippen LogP contribution in [0.25, 0.3) is 0 Å². The summed E-state index contributed by atoms with van der Waals surface area (Å²) in [5, 5.41) is 0. The summed E-state index contributed by atoms with van der Waals surface area (Å²) in [6.45, 7) is 0.503. The molecule has 0 radical (unpaired) electrons. The fraction of sp³-hybridized carbons (Fsp3) is 0.125. The molecule has 1 aromatic rings. The van der Waals surface area contributed by atoms with Crippen molar-refractivity contribution in [3.05, 3.63) is 35.9 Å². The third-order valence-electron chi connectivity index (χ3n) is 1.21. The van der Waals surface area contributed by atoms with Gasteiger partial charge < -0.3 is 6.16 Å². The maximum atomic E-state index is 5.02. The van der Waals surface area contributed by atoms with Gasteiger partial charge in [0, 0.05) is 0 Å². The van der Waals surface area contributed by atoms with E-state index in [1.54, 1.807) is 0 Å². The predicted molar refractivity (Wildman–Crippen MR) is 53.9 cm³/mol. The Morgan fingerprint density at radius 1 is 1.42 bits per heavy atom. The number of benzene rings is 1. The van der Waals surface area contributed by atoms with Crippen LogP contribution in [-0.2, 0) is 11.3 Å². The van der Waals surface area contributed by atoms with Crippen molar-refractivity contribution < 1.29 is 35.7 Å². The molecule has 0 N–H and O–H groups in total. The van der Waals surface area contributed by atoms with E-state index in [2.05, 4.69) is 24.8 Å². The Balaban J connectivity index is 0. The van der Waals surface area contributed by atoms with E-state index in [-0.39, 0.29) is 35.4 Å². The minimum atomic E-state index is 0. The molecule has 1 aromatic carbocycles. The molecule has 60 valence electrons. The van der Waals surface area contributed by atoms with Gasteiger partial charge in [0.15, 0.2) is 0 Å². The smallest absolute Gasteiger partial charge is 1.00 e. The van der Waals surface area contributed by atoms with Gasteiger partial charge in [0.25, 0.3) is 0 Å². The van der Waals surface area contributed by atoms with Gasteiger partial charge in [-0.05, 0) is 17.8 Å². The first-order chi connectivity index (χ1) is 5.29. The van der Waals surface area contributed by atoms with Crippen molar-refractivity contribution >= 4 is 29.2 Å². The molecule has 0 unspecified atom stereocenters. The molecule has 0 aromatic heterocycles. The standard InChI is InChI=1S/C8H8OS2.Na.H/c10-8(11)9-6-7-4-2-1-3-5-7;;/h1-5H,6H2,(H,10,11);;/q;+1;-1. The van der Waals surface area contributed by atoms with E-state index < -0.39 is 0 Å². The minimum absolute atomic E-state index is 0. The molecule has 0 spiro atoms. The average Bonchev–Trinajstić information content (AvgIpc) is 2.03. The molecule has 1 rings (SSSR count). The Hall–Kier alpha value is 0.460. The fourth-order valence-corrected chi connectivity index (χ4v) is 0.843. The van der Waals surface area contributed by atoms with Crippen molar-refractivity contribution in [2.75, 3.05) is 0 Å². The topological polar surface area (TPSA) is 9.23 Å². The molecule has 0 saturated heterocycles. The van der Waals surface area contributed by atoms with Crippen LogP contribution in [0.5, 0.6) is 0 Å². The van der Waals surface area contributed by atoms with E-state index >= 15 is 0 Å². The normalized spacial score (nSPS) is 8.42. The number of thiocarbonyl (C=S) groups is 1. The molecule has 0 saturated carbocycles. The van der Waals surface area contributed by atoms with Crippen molar-refractivity contribution in [3.63, 3.8) is 0 Å². The van der Waals surface area contributed by atoms with Crippen LogP contribution in [-0.4, -0.2) is 4.38 Å². The number of hydrogen-bond acceptors (Lipinski definition) is 2. The summed E-state index contributed by atoms with van der Waals surface area (Å²) < 4.78 is 5.31. The van der Waals surface area contributed by atoms with Crippen molar-refractivity contribution in [2.45, 2.75) is 6.61 Å². The van der Waals surface area contributed by atoms with Crippen molar-refractivity contribution in [1.29, 1.82) is 0 Å². The Labute approximate surface area is 107 Å². The van der Waals surface area contributed by atoms with Crippen molar-refractivity contribution in [1.82, 2.24) is 0 Å². The zero-order chi connectivity index (χ0) is 8.10. The third kappa shape index (κ3) is 5.17. The van der Waals surface area contributed by atoms with E-state index in [1.165, 1.54) is 0 Å². The van der Waals surface area contributed by atoms with E-state index in [4.69, 9.17) is 4.74 Å². The van der Waals surface area contributed by atoms with E-state index in [0.29, 0.717) is 6.61 Å². The summed E-state index contributed by atoms with van der Waals surface area (Å²) in [5.74, 6) is 0. The summed E-state index contributed by atoms with van der Waals surface area (Å²) in [6.07, 6.45) is 0. The van der Waals surface area contributed by atoms with Crippen LogP contribution >= 0.6 is 24.8 Å². The molecule has 4 heteroatoms. The molecule has 0 fully saturated rings. The van der Waals surface area contributed by atoms with Gasteiger partial charge in [0.05, 0.1) is 0 Å². The SMILES string of the molecule is S=C(S)OCc1ccccc1.[H-].[Na+]. The zero-order valence-corrected chi connectivity index (χ0v) is 10.6. The first kappa shape index (κ1) is 12.5. The second-order valence-corrected chi connectivity index (χ2v) is 3.12. The summed E-state index contributed by atoms with van der Waals surface area (Å²) >= 11 is 8.47. The number of thiol groups is 1.